The smallest absolute Gasteiger partial charge is 0.161 e. The average molecular weight is 262 g/mol. The van der Waals surface area contributed by atoms with Gasteiger partial charge in [-0.2, -0.15) is 0 Å². The van der Waals surface area contributed by atoms with Crippen molar-refractivity contribution in [1.82, 2.24) is 0 Å². The van der Waals surface area contributed by atoms with Crippen LogP contribution in [0.2, 0.25) is 0 Å². The Balaban J connectivity index is 2.26. The molecule has 1 N–H and O–H groups in total. The number of thioether (sulfide) groups is 1. The molecule has 0 saturated carbocycles. The number of benzene rings is 1. The van der Waals surface area contributed by atoms with E-state index in [1.807, 2.05) is 0 Å². The summed E-state index contributed by atoms with van der Waals surface area (Å²) in [5, 5.41) is 4.52. The fourth-order valence-corrected chi connectivity index (χ4v) is 3.06. The first-order valence-corrected chi connectivity index (χ1v) is 7.36. The summed E-state index contributed by atoms with van der Waals surface area (Å²) < 4.78 is 0. The van der Waals surface area contributed by atoms with Gasteiger partial charge in [-0.3, -0.25) is 4.99 Å². The van der Waals surface area contributed by atoms with Gasteiger partial charge in [-0.15, -0.1) is 0 Å². The Labute approximate surface area is 114 Å². The lowest BCUT2D eigenvalue weighted by molar-refractivity contribution is 0.592. The zero-order valence-corrected chi connectivity index (χ0v) is 12.7. The summed E-state index contributed by atoms with van der Waals surface area (Å²) in [6.45, 7) is 11.1. The van der Waals surface area contributed by atoms with Crippen molar-refractivity contribution >= 4 is 22.6 Å². The molecule has 0 unspecified atom stereocenters. The molecular weight excluding hydrogens is 240 g/mol. The van der Waals surface area contributed by atoms with E-state index in [0.717, 1.165) is 10.9 Å². The fraction of sp³-hybridized carbons (Fsp3) is 0.533. The van der Waals surface area contributed by atoms with Crippen molar-refractivity contribution in [3.63, 3.8) is 0 Å². The summed E-state index contributed by atoms with van der Waals surface area (Å²) in [5.41, 5.74) is 2.71. The third-order valence-corrected chi connectivity index (χ3v) is 4.26. The maximum absolute atomic E-state index is 4.71. The van der Waals surface area contributed by atoms with E-state index in [2.05, 4.69) is 64.2 Å². The molecule has 0 saturated heterocycles. The Morgan fingerprint density at radius 1 is 1.22 bits per heavy atom. The predicted molar refractivity (Wildman–Crippen MR) is 82.7 cm³/mol. The predicted octanol–water partition coefficient (Wildman–Crippen LogP) is 4.28. The molecule has 1 heterocycles. The Hall–Kier alpha value is -0.960. The number of hydrogen-bond donors (Lipinski definition) is 1. The number of amidine groups is 1. The second-order valence-electron chi connectivity index (χ2n) is 6.44. The van der Waals surface area contributed by atoms with Gasteiger partial charge in [0.2, 0.25) is 0 Å². The third-order valence-electron chi connectivity index (χ3n) is 2.94. The van der Waals surface area contributed by atoms with Crippen molar-refractivity contribution in [3.8, 4) is 0 Å². The largest absolute Gasteiger partial charge is 0.335 e. The van der Waals surface area contributed by atoms with Gasteiger partial charge in [0.25, 0.3) is 0 Å². The quantitative estimate of drug-likeness (QED) is 0.817. The van der Waals surface area contributed by atoms with Gasteiger partial charge in [0.05, 0.1) is 5.54 Å². The molecule has 0 spiro atoms. The maximum Gasteiger partial charge on any atom is 0.161 e. The van der Waals surface area contributed by atoms with Crippen LogP contribution < -0.4 is 5.32 Å². The van der Waals surface area contributed by atoms with Gasteiger partial charge in [-0.25, -0.2) is 0 Å². The molecule has 1 aliphatic rings. The first-order chi connectivity index (χ1) is 8.28. The molecule has 2 nitrogen and oxygen atoms in total. The molecule has 0 radical (unpaired) electrons. The summed E-state index contributed by atoms with van der Waals surface area (Å²) in [6, 6.07) is 8.49. The highest BCUT2D eigenvalue weighted by molar-refractivity contribution is 8.14. The van der Waals surface area contributed by atoms with Crippen LogP contribution in [-0.4, -0.2) is 16.5 Å². The molecule has 1 aromatic rings. The van der Waals surface area contributed by atoms with E-state index in [1.165, 1.54) is 11.3 Å². The summed E-state index contributed by atoms with van der Waals surface area (Å²) in [5.74, 6) is 1.05. The topological polar surface area (TPSA) is 24.4 Å². The molecular formula is C15H22N2S. The van der Waals surface area contributed by atoms with Gasteiger partial charge >= 0.3 is 0 Å². The minimum atomic E-state index is 0.0592. The van der Waals surface area contributed by atoms with Crippen LogP contribution in [0.1, 0.15) is 40.2 Å². The van der Waals surface area contributed by atoms with Crippen LogP contribution in [0.15, 0.2) is 29.3 Å². The van der Waals surface area contributed by atoms with Crippen LogP contribution in [0, 0.1) is 0 Å². The highest BCUT2D eigenvalue weighted by Gasteiger charge is 2.26. The minimum Gasteiger partial charge on any atom is -0.335 e. The highest BCUT2D eigenvalue weighted by Crippen LogP contribution is 2.32. The number of rotatable bonds is 1. The first-order valence-electron chi connectivity index (χ1n) is 6.37. The highest BCUT2D eigenvalue weighted by atomic mass is 32.2. The lowest BCUT2D eigenvalue weighted by atomic mass is 9.86. The SMILES string of the molecule is CC1(C)CSC(Nc2ccccc2C(C)(C)C)=N1. The van der Waals surface area contributed by atoms with Gasteiger partial charge in [-0.05, 0) is 30.9 Å². The van der Waals surface area contributed by atoms with Crippen molar-refractivity contribution in [2.75, 3.05) is 11.1 Å². The average Bonchev–Trinajstić information content (AvgIpc) is 2.57. The van der Waals surface area contributed by atoms with Gasteiger partial charge in [0.15, 0.2) is 5.17 Å². The molecule has 0 aromatic heterocycles. The molecule has 3 heteroatoms. The summed E-state index contributed by atoms with van der Waals surface area (Å²) in [6.07, 6.45) is 0. The lowest BCUT2D eigenvalue weighted by Gasteiger charge is -2.23. The molecule has 0 atom stereocenters. The number of nitrogens with zero attached hydrogens (tertiary/aromatic N) is 1. The Morgan fingerprint density at radius 3 is 2.44 bits per heavy atom. The van der Waals surface area contributed by atoms with Crippen LogP contribution >= 0.6 is 11.8 Å². The minimum absolute atomic E-state index is 0.0592. The van der Waals surface area contributed by atoms with Crippen molar-refractivity contribution in [1.29, 1.82) is 0 Å². The number of hydrogen-bond acceptors (Lipinski definition) is 3. The number of nitrogens with one attached hydrogen (secondary N) is 1. The van der Waals surface area contributed by atoms with Gasteiger partial charge in [0, 0.05) is 11.4 Å². The molecule has 0 fully saturated rings. The van der Waals surface area contributed by atoms with Crippen LogP contribution in [-0.2, 0) is 5.41 Å². The van der Waals surface area contributed by atoms with E-state index >= 15 is 0 Å². The maximum atomic E-state index is 4.71. The van der Waals surface area contributed by atoms with E-state index in [9.17, 15) is 0 Å². The van der Waals surface area contributed by atoms with Crippen LogP contribution in [0.25, 0.3) is 0 Å². The summed E-state index contributed by atoms with van der Waals surface area (Å²) in [4.78, 5) is 4.71. The Morgan fingerprint density at radius 2 is 1.89 bits per heavy atom. The second kappa shape index (κ2) is 4.61. The zero-order valence-electron chi connectivity index (χ0n) is 11.9. The van der Waals surface area contributed by atoms with Crippen molar-refractivity contribution < 1.29 is 0 Å². The number of para-hydroxylation sites is 1. The molecule has 1 aromatic carbocycles. The molecule has 0 bridgehead atoms. The summed E-state index contributed by atoms with van der Waals surface area (Å²) in [7, 11) is 0. The fourth-order valence-electron chi connectivity index (χ4n) is 2.01. The van der Waals surface area contributed by atoms with Crippen molar-refractivity contribution in [3.05, 3.63) is 29.8 Å². The standard InChI is InChI=1S/C15H22N2S/c1-14(2,3)11-8-6-7-9-12(11)16-13-17-15(4,5)10-18-13/h6-9H,10H2,1-5H3,(H,16,17). The summed E-state index contributed by atoms with van der Waals surface area (Å²) >= 11 is 1.80. The molecule has 18 heavy (non-hydrogen) atoms. The molecule has 1 aliphatic heterocycles. The second-order valence-corrected chi connectivity index (χ2v) is 7.40. The van der Waals surface area contributed by atoms with E-state index in [0.29, 0.717) is 0 Å². The molecule has 0 aliphatic carbocycles. The molecule has 2 rings (SSSR count). The van der Waals surface area contributed by atoms with Crippen LogP contribution in [0.3, 0.4) is 0 Å². The number of aliphatic imine (C=N–C) groups is 1. The van der Waals surface area contributed by atoms with Crippen LogP contribution in [0.4, 0.5) is 5.69 Å². The Bertz CT molecular complexity index is 470. The van der Waals surface area contributed by atoms with Gasteiger partial charge < -0.3 is 5.32 Å². The van der Waals surface area contributed by atoms with Gasteiger partial charge in [0.1, 0.15) is 0 Å². The monoisotopic (exact) mass is 262 g/mol. The Kier molecular flexibility index (Phi) is 3.45. The van der Waals surface area contributed by atoms with Crippen molar-refractivity contribution in [2.45, 2.75) is 45.6 Å². The van der Waals surface area contributed by atoms with E-state index < -0.39 is 0 Å². The van der Waals surface area contributed by atoms with Crippen molar-refractivity contribution in [2.24, 2.45) is 4.99 Å². The molecule has 0 amide bonds. The van der Waals surface area contributed by atoms with E-state index in [1.54, 1.807) is 11.8 Å². The lowest BCUT2D eigenvalue weighted by Crippen LogP contribution is -2.17. The first kappa shape index (κ1) is 13.5. The van der Waals surface area contributed by atoms with Crippen LogP contribution in [0.5, 0.6) is 0 Å². The van der Waals surface area contributed by atoms with E-state index in [4.69, 9.17) is 4.99 Å². The van der Waals surface area contributed by atoms with E-state index in [-0.39, 0.29) is 11.0 Å². The normalized spacial score (nSPS) is 18.6. The molecule has 98 valence electrons. The zero-order chi connectivity index (χ0) is 13.4. The third kappa shape index (κ3) is 3.08. The number of anilines is 1. The van der Waals surface area contributed by atoms with Gasteiger partial charge in [-0.1, -0.05) is 50.7 Å².